The summed E-state index contributed by atoms with van der Waals surface area (Å²) in [4.78, 5) is 14.1. The number of nitrogens with two attached hydrogens (primary N) is 1. The molecule has 1 unspecified atom stereocenters. The Morgan fingerprint density at radius 2 is 2.20 bits per heavy atom. The van der Waals surface area contributed by atoms with E-state index in [9.17, 15) is 4.79 Å². The molecule has 0 aliphatic carbocycles. The summed E-state index contributed by atoms with van der Waals surface area (Å²) in [6.07, 6.45) is 1.32. The highest BCUT2D eigenvalue weighted by atomic mass is 32.1. The van der Waals surface area contributed by atoms with E-state index in [1.54, 1.807) is 19.1 Å². The summed E-state index contributed by atoms with van der Waals surface area (Å²) in [7, 11) is 3.45. The number of benzene rings is 1. The van der Waals surface area contributed by atoms with Crippen LogP contribution in [0.4, 0.5) is 0 Å². The van der Waals surface area contributed by atoms with Crippen molar-refractivity contribution in [2.75, 3.05) is 14.2 Å². The lowest BCUT2D eigenvalue weighted by atomic mass is 10.1. The van der Waals surface area contributed by atoms with Crippen molar-refractivity contribution >= 4 is 23.1 Å². The van der Waals surface area contributed by atoms with E-state index in [0.29, 0.717) is 18.0 Å². The molecular weight excluding hydrogens is 272 g/mol. The Balaban J connectivity index is 2.57. The van der Waals surface area contributed by atoms with Crippen LogP contribution in [-0.2, 0) is 16.1 Å². The Kier molecular flexibility index (Phi) is 6.61. The average molecular weight is 294 g/mol. The Morgan fingerprint density at radius 3 is 2.80 bits per heavy atom. The minimum atomic E-state index is 0.102. The number of hydrogen-bond acceptors (Lipinski definition) is 3. The standard InChI is InChI=1S/C15H22N2O2S/c1-11(19-3)7-8-14(18)17(2)10-12-5-4-6-13(9-12)15(16)20/h4-6,9,11H,7-8,10H2,1-3H3,(H2,16,20). The van der Waals surface area contributed by atoms with Gasteiger partial charge in [0.15, 0.2) is 0 Å². The molecule has 1 rings (SSSR count). The molecule has 5 heteroatoms. The third kappa shape index (κ3) is 5.27. The van der Waals surface area contributed by atoms with Gasteiger partial charge in [-0.25, -0.2) is 0 Å². The monoisotopic (exact) mass is 294 g/mol. The zero-order valence-corrected chi connectivity index (χ0v) is 13.1. The number of hydrogen-bond donors (Lipinski definition) is 1. The number of rotatable bonds is 7. The van der Waals surface area contributed by atoms with Gasteiger partial charge >= 0.3 is 0 Å². The average Bonchev–Trinajstić information content (AvgIpc) is 2.44. The molecule has 0 fully saturated rings. The van der Waals surface area contributed by atoms with Gasteiger partial charge in [-0.05, 0) is 25.0 Å². The van der Waals surface area contributed by atoms with E-state index in [1.807, 2.05) is 31.2 Å². The van der Waals surface area contributed by atoms with Gasteiger partial charge in [-0.15, -0.1) is 0 Å². The molecule has 110 valence electrons. The minimum absolute atomic E-state index is 0.102. The van der Waals surface area contributed by atoms with Crippen molar-refractivity contribution in [2.24, 2.45) is 5.73 Å². The number of thiocarbonyl (C=S) groups is 1. The molecule has 20 heavy (non-hydrogen) atoms. The van der Waals surface area contributed by atoms with E-state index in [1.165, 1.54) is 0 Å². The first-order valence-electron chi connectivity index (χ1n) is 6.59. The van der Waals surface area contributed by atoms with E-state index >= 15 is 0 Å². The van der Waals surface area contributed by atoms with E-state index in [0.717, 1.165) is 17.5 Å². The molecule has 1 atom stereocenters. The van der Waals surface area contributed by atoms with Gasteiger partial charge in [-0.3, -0.25) is 4.79 Å². The second-order valence-electron chi connectivity index (χ2n) is 4.90. The Bertz CT molecular complexity index is 477. The zero-order chi connectivity index (χ0) is 15.1. The highest BCUT2D eigenvalue weighted by Crippen LogP contribution is 2.10. The number of carbonyl (C=O) groups excluding carboxylic acids is 1. The topological polar surface area (TPSA) is 55.6 Å². The maximum Gasteiger partial charge on any atom is 0.222 e. The van der Waals surface area contributed by atoms with Crippen molar-refractivity contribution in [3.63, 3.8) is 0 Å². The van der Waals surface area contributed by atoms with Crippen LogP contribution in [0.3, 0.4) is 0 Å². The first kappa shape index (κ1) is 16.6. The van der Waals surface area contributed by atoms with Crippen molar-refractivity contribution in [3.05, 3.63) is 35.4 Å². The van der Waals surface area contributed by atoms with Crippen LogP contribution < -0.4 is 5.73 Å². The van der Waals surface area contributed by atoms with Gasteiger partial charge in [0.1, 0.15) is 4.99 Å². The molecule has 0 saturated carbocycles. The second kappa shape index (κ2) is 7.97. The fraction of sp³-hybridized carbons (Fsp3) is 0.467. The highest BCUT2D eigenvalue weighted by molar-refractivity contribution is 7.80. The quantitative estimate of drug-likeness (QED) is 0.782. The molecule has 0 aliphatic rings. The van der Waals surface area contributed by atoms with Crippen LogP contribution in [0, 0.1) is 0 Å². The van der Waals surface area contributed by atoms with Crippen LogP contribution in [0.5, 0.6) is 0 Å². The zero-order valence-electron chi connectivity index (χ0n) is 12.3. The summed E-state index contributed by atoms with van der Waals surface area (Å²) >= 11 is 4.95. The van der Waals surface area contributed by atoms with Crippen molar-refractivity contribution in [1.82, 2.24) is 4.90 Å². The lowest BCUT2D eigenvalue weighted by molar-refractivity contribution is -0.131. The molecule has 0 aromatic heterocycles. The number of nitrogens with zero attached hydrogens (tertiary/aromatic N) is 1. The van der Waals surface area contributed by atoms with Gasteiger partial charge in [0, 0.05) is 32.7 Å². The Morgan fingerprint density at radius 1 is 1.50 bits per heavy atom. The van der Waals surface area contributed by atoms with Crippen LogP contribution >= 0.6 is 12.2 Å². The van der Waals surface area contributed by atoms with Gasteiger partial charge in [-0.2, -0.15) is 0 Å². The predicted molar refractivity (Wildman–Crippen MR) is 84.5 cm³/mol. The first-order valence-corrected chi connectivity index (χ1v) is 7.00. The maximum absolute atomic E-state index is 12.0. The fourth-order valence-corrected chi connectivity index (χ4v) is 1.95. The summed E-state index contributed by atoms with van der Waals surface area (Å²) in [5.41, 5.74) is 7.45. The number of carbonyl (C=O) groups is 1. The van der Waals surface area contributed by atoms with E-state index < -0.39 is 0 Å². The molecule has 1 aromatic rings. The summed E-state index contributed by atoms with van der Waals surface area (Å²) in [6, 6.07) is 7.65. The molecular formula is C15H22N2O2S. The van der Waals surface area contributed by atoms with Crippen molar-refractivity contribution in [1.29, 1.82) is 0 Å². The van der Waals surface area contributed by atoms with Crippen LogP contribution in [0.25, 0.3) is 0 Å². The van der Waals surface area contributed by atoms with E-state index in [4.69, 9.17) is 22.7 Å². The van der Waals surface area contributed by atoms with Crippen LogP contribution in [0.2, 0.25) is 0 Å². The normalized spacial score (nSPS) is 11.9. The molecule has 0 bridgehead atoms. The fourth-order valence-electron chi connectivity index (χ4n) is 1.82. The Hall–Kier alpha value is -1.46. The molecule has 2 N–H and O–H groups in total. The van der Waals surface area contributed by atoms with Crippen molar-refractivity contribution < 1.29 is 9.53 Å². The Labute approximate surface area is 125 Å². The van der Waals surface area contributed by atoms with Gasteiger partial charge in [0.25, 0.3) is 0 Å². The third-order valence-electron chi connectivity index (χ3n) is 3.22. The van der Waals surface area contributed by atoms with Crippen LogP contribution in [0.15, 0.2) is 24.3 Å². The highest BCUT2D eigenvalue weighted by Gasteiger charge is 2.11. The van der Waals surface area contributed by atoms with Gasteiger partial charge < -0.3 is 15.4 Å². The molecule has 4 nitrogen and oxygen atoms in total. The maximum atomic E-state index is 12.0. The lowest BCUT2D eigenvalue weighted by Crippen LogP contribution is -2.27. The van der Waals surface area contributed by atoms with Crippen LogP contribution in [0.1, 0.15) is 30.9 Å². The summed E-state index contributed by atoms with van der Waals surface area (Å²) < 4.78 is 5.14. The second-order valence-corrected chi connectivity index (χ2v) is 5.34. The van der Waals surface area contributed by atoms with Gasteiger partial charge in [0.05, 0.1) is 6.10 Å². The number of ether oxygens (including phenoxy) is 1. The number of amides is 1. The van der Waals surface area contributed by atoms with Crippen LogP contribution in [-0.4, -0.2) is 36.1 Å². The van der Waals surface area contributed by atoms with Crippen molar-refractivity contribution in [3.8, 4) is 0 Å². The smallest absolute Gasteiger partial charge is 0.222 e. The molecule has 1 amide bonds. The molecule has 0 heterocycles. The summed E-state index contributed by atoms with van der Waals surface area (Å²) in [5.74, 6) is 0.106. The van der Waals surface area contributed by atoms with Gasteiger partial charge in [0.2, 0.25) is 5.91 Å². The van der Waals surface area contributed by atoms with Crippen molar-refractivity contribution in [2.45, 2.75) is 32.4 Å². The summed E-state index contributed by atoms with van der Waals surface area (Å²) in [6.45, 7) is 2.51. The SMILES string of the molecule is COC(C)CCC(=O)N(C)Cc1cccc(C(N)=S)c1. The van der Waals surface area contributed by atoms with E-state index in [2.05, 4.69) is 0 Å². The minimum Gasteiger partial charge on any atom is -0.389 e. The third-order valence-corrected chi connectivity index (χ3v) is 3.46. The van der Waals surface area contributed by atoms with Gasteiger partial charge in [-0.1, -0.05) is 30.4 Å². The van der Waals surface area contributed by atoms with E-state index in [-0.39, 0.29) is 12.0 Å². The number of methoxy groups -OCH3 is 1. The first-order chi connectivity index (χ1) is 9.43. The largest absolute Gasteiger partial charge is 0.389 e. The summed E-state index contributed by atoms with van der Waals surface area (Å²) in [5, 5.41) is 0. The predicted octanol–water partition coefficient (Wildman–Crippen LogP) is 2.09. The lowest BCUT2D eigenvalue weighted by Gasteiger charge is -2.18. The molecule has 0 spiro atoms. The molecule has 0 aliphatic heterocycles. The molecule has 1 aromatic carbocycles. The molecule has 0 radical (unpaired) electrons. The molecule has 0 saturated heterocycles.